The normalized spacial score (nSPS) is 17.9. The number of halogens is 2. The molecule has 0 atom stereocenters. The Morgan fingerprint density at radius 2 is 2.05 bits per heavy atom. The van der Waals surface area contributed by atoms with Gasteiger partial charge in [-0.3, -0.25) is 19.7 Å². The number of imide groups is 1. The SMILES string of the molecule is CC1(C)C(=O)NC(=O)CN1C(=O)c1ccc(F)cc1Br. The number of piperazine rings is 1. The fourth-order valence-electron chi connectivity index (χ4n) is 1.92. The molecule has 0 bridgehead atoms. The average Bonchev–Trinajstić information content (AvgIpc) is 2.33. The summed E-state index contributed by atoms with van der Waals surface area (Å²) in [5.41, 5.74) is -0.958. The number of amides is 3. The first-order valence-electron chi connectivity index (χ1n) is 5.85. The minimum Gasteiger partial charge on any atom is -0.315 e. The molecule has 1 aromatic rings. The minimum absolute atomic E-state index is 0.196. The van der Waals surface area contributed by atoms with Crippen molar-refractivity contribution < 1.29 is 18.8 Å². The van der Waals surface area contributed by atoms with Crippen molar-refractivity contribution in [2.45, 2.75) is 19.4 Å². The van der Waals surface area contributed by atoms with Gasteiger partial charge in [0.25, 0.3) is 11.8 Å². The Kier molecular flexibility index (Phi) is 3.64. The van der Waals surface area contributed by atoms with E-state index < -0.39 is 29.1 Å². The Labute approximate surface area is 123 Å². The second kappa shape index (κ2) is 4.97. The highest BCUT2D eigenvalue weighted by Gasteiger charge is 2.44. The lowest BCUT2D eigenvalue weighted by molar-refractivity contribution is -0.143. The van der Waals surface area contributed by atoms with Crippen molar-refractivity contribution in [1.29, 1.82) is 0 Å². The van der Waals surface area contributed by atoms with Crippen molar-refractivity contribution in [3.8, 4) is 0 Å². The molecular weight excluding hydrogens is 331 g/mol. The summed E-state index contributed by atoms with van der Waals surface area (Å²) in [4.78, 5) is 36.9. The maximum absolute atomic E-state index is 13.1. The van der Waals surface area contributed by atoms with Gasteiger partial charge in [-0.1, -0.05) is 0 Å². The first kappa shape index (κ1) is 14.6. The average molecular weight is 343 g/mol. The lowest BCUT2D eigenvalue weighted by atomic mass is 9.97. The number of rotatable bonds is 1. The van der Waals surface area contributed by atoms with Crippen LogP contribution in [0.2, 0.25) is 0 Å². The van der Waals surface area contributed by atoms with Gasteiger partial charge in [-0.15, -0.1) is 0 Å². The van der Waals surface area contributed by atoms with Gasteiger partial charge in [0.05, 0.1) is 5.56 Å². The van der Waals surface area contributed by atoms with E-state index in [2.05, 4.69) is 21.2 Å². The highest BCUT2D eigenvalue weighted by Crippen LogP contribution is 2.25. The number of benzene rings is 1. The smallest absolute Gasteiger partial charge is 0.256 e. The third kappa shape index (κ3) is 2.45. The number of hydrogen-bond acceptors (Lipinski definition) is 3. The summed E-state index contributed by atoms with van der Waals surface area (Å²) in [5.74, 6) is -2.08. The Balaban J connectivity index is 2.40. The minimum atomic E-state index is -1.15. The predicted molar refractivity (Wildman–Crippen MR) is 72.4 cm³/mol. The van der Waals surface area contributed by atoms with Crippen molar-refractivity contribution >= 4 is 33.7 Å². The Bertz CT molecular complexity index is 616. The summed E-state index contributed by atoms with van der Waals surface area (Å²) in [6, 6.07) is 3.62. The molecule has 20 heavy (non-hydrogen) atoms. The molecule has 1 aromatic carbocycles. The molecule has 0 spiro atoms. The molecule has 0 radical (unpaired) electrons. The summed E-state index contributed by atoms with van der Waals surface area (Å²) in [6.07, 6.45) is 0. The van der Waals surface area contributed by atoms with Crippen LogP contribution in [-0.4, -0.2) is 34.7 Å². The van der Waals surface area contributed by atoms with Gasteiger partial charge in [0.15, 0.2) is 0 Å². The summed E-state index contributed by atoms with van der Waals surface area (Å²) >= 11 is 3.11. The van der Waals surface area contributed by atoms with Gasteiger partial charge in [-0.2, -0.15) is 0 Å². The zero-order chi connectivity index (χ0) is 15.1. The van der Waals surface area contributed by atoms with Crippen LogP contribution >= 0.6 is 15.9 Å². The molecule has 3 amide bonds. The second-order valence-corrected chi connectivity index (χ2v) is 5.81. The number of nitrogens with zero attached hydrogens (tertiary/aromatic N) is 1. The zero-order valence-electron chi connectivity index (χ0n) is 10.9. The topological polar surface area (TPSA) is 66.5 Å². The number of nitrogens with one attached hydrogen (secondary N) is 1. The maximum Gasteiger partial charge on any atom is 0.256 e. The Morgan fingerprint density at radius 1 is 1.40 bits per heavy atom. The van der Waals surface area contributed by atoms with Crippen molar-refractivity contribution in [3.05, 3.63) is 34.1 Å². The van der Waals surface area contributed by atoms with E-state index >= 15 is 0 Å². The fraction of sp³-hybridized carbons (Fsp3) is 0.308. The predicted octanol–water partition coefficient (Wildman–Crippen LogP) is 1.47. The molecule has 1 N–H and O–H groups in total. The molecule has 0 aromatic heterocycles. The van der Waals surface area contributed by atoms with Crippen LogP contribution in [0.5, 0.6) is 0 Å². The molecule has 1 saturated heterocycles. The van der Waals surface area contributed by atoms with Crippen LogP contribution in [0.1, 0.15) is 24.2 Å². The molecule has 1 fully saturated rings. The molecule has 1 aliphatic heterocycles. The first-order chi connectivity index (χ1) is 9.23. The molecule has 5 nitrogen and oxygen atoms in total. The van der Waals surface area contributed by atoms with Crippen LogP contribution in [0, 0.1) is 5.82 Å². The molecule has 2 rings (SSSR count). The molecule has 7 heteroatoms. The molecule has 0 unspecified atom stereocenters. The van der Waals surface area contributed by atoms with Gasteiger partial charge in [-0.05, 0) is 48.0 Å². The third-order valence-corrected chi connectivity index (χ3v) is 3.85. The second-order valence-electron chi connectivity index (χ2n) is 4.95. The Hall–Kier alpha value is -1.76. The monoisotopic (exact) mass is 342 g/mol. The molecule has 106 valence electrons. The third-order valence-electron chi connectivity index (χ3n) is 3.19. The van der Waals surface area contributed by atoms with Crippen LogP contribution in [-0.2, 0) is 9.59 Å². The van der Waals surface area contributed by atoms with E-state index in [-0.39, 0.29) is 16.6 Å². The van der Waals surface area contributed by atoms with Gasteiger partial charge in [0.1, 0.15) is 17.9 Å². The van der Waals surface area contributed by atoms with E-state index in [0.29, 0.717) is 0 Å². The molecule has 0 aliphatic carbocycles. The fourth-order valence-corrected chi connectivity index (χ4v) is 2.44. The van der Waals surface area contributed by atoms with Crippen LogP contribution in [0.25, 0.3) is 0 Å². The highest BCUT2D eigenvalue weighted by molar-refractivity contribution is 9.10. The highest BCUT2D eigenvalue weighted by atomic mass is 79.9. The van der Waals surface area contributed by atoms with E-state index in [4.69, 9.17) is 0 Å². The van der Waals surface area contributed by atoms with Gasteiger partial charge in [-0.25, -0.2) is 4.39 Å². The van der Waals surface area contributed by atoms with Crippen LogP contribution in [0.15, 0.2) is 22.7 Å². The number of carbonyl (C=O) groups is 3. The molecule has 1 heterocycles. The summed E-state index contributed by atoms with van der Waals surface area (Å²) in [6.45, 7) is 2.87. The molecular formula is C13H12BrFN2O3. The van der Waals surface area contributed by atoms with E-state index in [1.54, 1.807) is 13.8 Å². The lowest BCUT2D eigenvalue weighted by Gasteiger charge is -2.40. The van der Waals surface area contributed by atoms with E-state index in [9.17, 15) is 18.8 Å². The first-order valence-corrected chi connectivity index (χ1v) is 6.64. The van der Waals surface area contributed by atoms with Crippen molar-refractivity contribution in [1.82, 2.24) is 10.2 Å². The Morgan fingerprint density at radius 3 is 2.65 bits per heavy atom. The summed E-state index contributed by atoms with van der Waals surface area (Å²) in [7, 11) is 0. The van der Waals surface area contributed by atoms with Crippen LogP contribution in [0.3, 0.4) is 0 Å². The standard InChI is InChI=1S/C13H12BrFN2O3/c1-13(2)12(20)16-10(18)6-17(13)11(19)8-4-3-7(15)5-9(8)14/h3-5H,6H2,1-2H3,(H,16,18,20). The number of hydrogen-bond donors (Lipinski definition) is 1. The maximum atomic E-state index is 13.1. The quantitative estimate of drug-likeness (QED) is 0.786. The van der Waals surface area contributed by atoms with E-state index in [0.717, 1.165) is 12.1 Å². The molecule has 1 aliphatic rings. The van der Waals surface area contributed by atoms with Gasteiger partial charge in [0.2, 0.25) is 5.91 Å². The van der Waals surface area contributed by atoms with Gasteiger partial charge < -0.3 is 4.90 Å². The van der Waals surface area contributed by atoms with Crippen LogP contribution in [0.4, 0.5) is 4.39 Å². The van der Waals surface area contributed by atoms with Gasteiger partial charge in [0, 0.05) is 4.47 Å². The molecule has 0 saturated carbocycles. The van der Waals surface area contributed by atoms with Gasteiger partial charge >= 0.3 is 0 Å². The summed E-state index contributed by atoms with van der Waals surface area (Å²) in [5, 5.41) is 2.19. The van der Waals surface area contributed by atoms with E-state index in [1.807, 2.05) is 0 Å². The number of carbonyl (C=O) groups excluding carboxylic acids is 3. The lowest BCUT2D eigenvalue weighted by Crippen LogP contribution is -2.65. The van der Waals surface area contributed by atoms with Crippen LogP contribution < -0.4 is 5.32 Å². The summed E-state index contributed by atoms with van der Waals surface area (Å²) < 4.78 is 13.3. The van der Waals surface area contributed by atoms with Crippen molar-refractivity contribution in [2.24, 2.45) is 0 Å². The zero-order valence-corrected chi connectivity index (χ0v) is 12.5. The van der Waals surface area contributed by atoms with Crippen molar-refractivity contribution in [3.63, 3.8) is 0 Å². The van der Waals surface area contributed by atoms with Crippen molar-refractivity contribution in [2.75, 3.05) is 6.54 Å². The largest absolute Gasteiger partial charge is 0.315 e. The van der Waals surface area contributed by atoms with E-state index in [1.165, 1.54) is 11.0 Å².